The molecule has 2 N–H and O–H groups in total. The summed E-state index contributed by atoms with van der Waals surface area (Å²) >= 11 is 0. The molecule has 0 spiro atoms. The van der Waals surface area contributed by atoms with Crippen LogP contribution in [-0.2, 0) is 14.4 Å². The molecule has 0 bridgehead atoms. The van der Waals surface area contributed by atoms with Gasteiger partial charge in [0, 0.05) is 0 Å². The molecule has 0 aromatic carbocycles. The number of rotatable bonds is 1. The van der Waals surface area contributed by atoms with Gasteiger partial charge in [0.05, 0.1) is 19.6 Å². The van der Waals surface area contributed by atoms with Crippen molar-refractivity contribution in [2.45, 2.75) is 12.5 Å². The van der Waals surface area contributed by atoms with Crippen LogP contribution < -0.4 is 5.73 Å². The van der Waals surface area contributed by atoms with Crippen molar-refractivity contribution in [2.24, 2.45) is 5.73 Å². The molecule has 2 amide bonds. The van der Waals surface area contributed by atoms with E-state index in [0.29, 0.717) is 5.06 Å². The van der Waals surface area contributed by atoms with Gasteiger partial charge in [-0.25, -0.2) is 0 Å². The van der Waals surface area contributed by atoms with Crippen molar-refractivity contribution in [1.82, 2.24) is 5.06 Å². The van der Waals surface area contributed by atoms with Crippen LogP contribution in [-0.4, -0.2) is 30.0 Å². The SMILES string of the molecule is CON1C(=O)C[C@@H](N)C1=O.Cl. The van der Waals surface area contributed by atoms with Crippen LogP contribution in [0.2, 0.25) is 0 Å². The van der Waals surface area contributed by atoms with E-state index in [2.05, 4.69) is 4.84 Å². The van der Waals surface area contributed by atoms with Crippen molar-refractivity contribution < 1.29 is 14.4 Å². The Kier molecular flexibility index (Phi) is 3.44. The molecule has 0 aliphatic carbocycles. The zero-order valence-electron chi connectivity index (χ0n) is 5.94. The smallest absolute Gasteiger partial charge is 0.270 e. The molecular formula is C5H9ClN2O3. The number of carbonyl (C=O) groups excluding carboxylic acids is 2. The van der Waals surface area contributed by atoms with Crippen molar-refractivity contribution in [3.05, 3.63) is 0 Å². The van der Waals surface area contributed by atoms with Gasteiger partial charge in [0.2, 0.25) is 0 Å². The molecule has 1 atom stereocenters. The normalized spacial score (nSPS) is 23.8. The molecule has 0 unspecified atom stereocenters. The van der Waals surface area contributed by atoms with Crippen molar-refractivity contribution in [3.63, 3.8) is 0 Å². The molecule has 0 radical (unpaired) electrons. The molecule has 1 saturated heterocycles. The van der Waals surface area contributed by atoms with E-state index in [0.717, 1.165) is 0 Å². The third-order valence-electron chi connectivity index (χ3n) is 1.32. The molecule has 11 heavy (non-hydrogen) atoms. The molecule has 1 heterocycles. The van der Waals surface area contributed by atoms with E-state index in [1.54, 1.807) is 0 Å². The largest absolute Gasteiger partial charge is 0.319 e. The summed E-state index contributed by atoms with van der Waals surface area (Å²) in [5, 5.41) is 0.685. The zero-order chi connectivity index (χ0) is 7.72. The van der Waals surface area contributed by atoms with Crippen molar-refractivity contribution in [1.29, 1.82) is 0 Å². The average Bonchev–Trinajstić information content (AvgIpc) is 2.09. The lowest BCUT2D eigenvalue weighted by molar-refractivity contribution is -0.179. The Morgan fingerprint density at radius 3 is 2.36 bits per heavy atom. The number of hydroxylamine groups is 2. The summed E-state index contributed by atoms with van der Waals surface area (Å²) in [4.78, 5) is 26.0. The summed E-state index contributed by atoms with van der Waals surface area (Å²) in [5.41, 5.74) is 5.24. The first-order valence-corrected chi connectivity index (χ1v) is 2.83. The van der Waals surface area contributed by atoms with E-state index in [-0.39, 0.29) is 24.7 Å². The number of halogens is 1. The monoisotopic (exact) mass is 180 g/mol. The van der Waals surface area contributed by atoms with Gasteiger partial charge in [0.25, 0.3) is 11.8 Å². The van der Waals surface area contributed by atoms with Gasteiger partial charge < -0.3 is 5.73 Å². The molecule has 0 aromatic heterocycles. The van der Waals surface area contributed by atoms with Gasteiger partial charge >= 0.3 is 0 Å². The fraction of sp³-hybridized carbons (Fsp3) is 0.600. The molecule has 1 aliphatic rings. The van der Waals surface area contributed by atoms with Gasteiger partial charge in [-0.2, -0.15) is 5.06 Å². The van der Waals surface area contributed by atoms with Crippen LogP contribution in [0.4, 0.5) is 0 Å². The summed E-state index contributed by atoms with van der Waals surface area (Å²) in [7, 11) is 1.26. The molecule has 64 valence electrons. The second-order valence-corrected chi connectivity index (χ2v) is 2.02. The number of carbonyl (C=O) groups is 2. The third-order valence-corrected chi connectivity index (χ3v) is 1.32. The fourth-order valence-electron chi connectivity index (χ4n) is 0.824. The number of hydrogen-bond donors (Lipinski definition) is 1. The number of amides is 2. The number of nitrogens with two attached hydrogens (primary N) is 1. The van der Waals surface area contributed by atoms with E-state index >= 15 is 0 Å². The standard InChI is InChI=1S/C5H8N2O3.ClH/c1-10-7-4(8)2-3(6)5(7)9;/h3H,2,6H2,1H3;1H/t3-;/m1./s1. The maximum absolute atomic E-state index is 10.8. The number of hydrogen-bond acceptors (Lipinski definition) is 4. The lowest BCUT2D eigenvalue weighted by atomic mass is 10.3. The van der Waals surface area contributed by atoms with Crippen molar-refractivity contribution in [2.75, 3.05) is 7.11 Å². The van der Waals surface area contributed by atoms with Crippen LogP contribution in [0.25, 0.3) is 0 Å². The van der Waals surface area contributed by atoms with Crippen LogP contribution >= 0.6 is 12.4 Å². The van der Waals surface area contributed by atoms with Crippen LogP contribution in [0.5, 0.6) is 0 Å². The number of nitrogens with zero attached hydrogens (tertiary/aromatic N) is 1. The van der Waals surface area contributed by atoms with E-state index in [1.807, 2.05) is 0 Å². The minimum atomic E-state index is -0.715. The molecule has 6 heteroatoms. The maximum Gasteiger partial charge on any atom is 0.270 e. The Morgan fingerprint density at radius 2 is 2.18 bits per heavy atom. The first kappa shape index (κ1) is 10.3. The van der Waals surface area contributed by atoms with E-state index in [9.17, 15) is 9.59 Å². The molecule has 1 rings (SSSR count). The van der Waals surface area contributed by atoms with Crippen LogP contribution in [0, 0.1) is 0 Å². The van der Waals surface area contributed by atoms with Gasteiger partial charge in [-0.1, -0.05) is 0 Å². The topological polar surface area (TPSA) is 72.6 Å². The van der Waals surface area contributed by atoms with Crippen molar-refractivity contribution in [3.8, 4) is 0 Å². The lowest BCUT2D eigenvalue weighted by Crippen LogP contribution is -2.34. The first-order valence-electron chi connectivity index (χ1n) is 2.83. The Morgan fingerprint density at radius 1 is 1.64 bits per heavy atom. The highest BCUT2D eigenvalue weighted by molar-refractivity contribution is 6.04. The molecule has 5 nitrogen and oxygen atoms in total. The van der Waals surface area contributed by atoms with Crippen LogP contribution in [0.1, 0.15) is 6.42 Å². The minimum Gasteiger partial charge on any atom is -0.319 e. The average molecular weight is 181 g/mol. The second kappa shape index (κ2) is 3.66. The van der Waals surface area contributed by atoms with Gasteiger partial charge in [-0.15, -0.1) is 12.4 Å². The maximum atomic E-state index is 10.8. The minimum absolute atomic E-state index is 0. The zero-order valence-corrected chi connectivity index (χ0v) is 6.76. The Labute approximate surface area is 69.8 Å². The lowest BCUT2D eigenvalue weighted by Gasteiger charge is -2.08. The van der Waals surface area contributed by atoms with Gasteiger partial charge in [-0.3, -0.25) is 14.4 Å². The number of imide groups is 1. The fourth-order valence-corrected chi connectivity index (χ4v) is 0.824. The van der Waals surface area contributed by atoms with Crippen LogP contribution in [0.3, 0.4) is 0 Å². The molecular weight excluding hydrogens is 172 g/mol. The predicted molar refractivity (Wildman–Crippen MR) is 38.7 cm³/mol. The highest BCUT2D eigenvalue weighted by Gasteiger charge is 2.36. The van der Waals surface area contributed by atoms with E-state index in [4.69, 9.17) is 5.73 Å². The predicted octanol–water partition coefficient (Wildman–Crippen LogP) is -0.944. The quantitative estimate of drug-likeness (QED) is 0.529. The highest BCUT2D eigenvalue weighted by Crippen LogP contribution is 2.09. The molecule has 0 saturated carbocycles. The molecule has 1 aliphatic heterocycles. The summed E-state index contributed by atoms with van der Waals surface area (Å²) in [6.45, 7) is 0. The highest BCUT2D eigenvalue weighted by atomic mass is 35.5. The molecule has 1 fully saturated rings. The van der Waals surface area contributed by atoms with E-state index < -0.39 is 11.9 Å². The first-order chi connectivity index (χ1) is 4.66. The van der Waals surface area contributed by atoms with Crippen molar-refractivity contribution >= 4 is 24.2 Å². The van der Waals surface area contributed by atoms with Crippen LogP contribution in [0.15, 0.2) is 0 Å². The van der Waals surface area contributed by atoms with Gasteiger partial charge in [-0.05, 0) is 0 Å². The molecule has 0 aromatic rings. The summed E-state index contributed by atoms with van der Waals surface area (Å²) in [6.07, 6.45) is 0.0483. The Bertz CT molecular complexity index is 185. The summed E-state index contributed by atoms with van der Waals surface area (Å²) in [5.74, 6) is -0.840. The van der Waals surface area contributed by atoms with E-state index in [1.165, 1.54) is 7.11 Å². The van der Waals surface area contributed by atoms with Gasteiger partial charge in [0.1, 0.15) is 0 Å². The third kappa shape index (κ3) is 1.68. The summed E-state index contributed by atoms with van der Waals surface area (Å²) in [6, 6.07) is -0.715. The summed E-state index contributed by atoms with van der Waals surface area (Å²) < 4.78 is 0. The van der Waals surface area contributed by atoms with Gasteiger partial charge in [0.15, 0.2) is 0 Å². The Balaban J connectivity index is 0.000001000. The Hall–Kier alpha value is -0.650. The second-order valence-electron chi connectivity index (χ2n) is 2.02.